The Labute approximate surface area is 122 Å². The van der Waals surface area contributed by atoms with Crippen molar-refractivity contribution in [1.29, 1.82) is 0 Å². The van der Waals surface area contributed by atoms with Gasteiger partial charge in [-0.3, -0.25) is 14.8 Å². The molecule has 1 heterocycles. The van der Waals surface area contributed by atoms with Gasteiger partial charge in [0.15, 0.2) is 0 Å². The van der Waals surface area contributed by atoms with Gasteiger partial charge in [0.05, 0.1) is 10.7 Å². The summed E-state index contributed by atoms with van der Waals surface area (Å²) >= 11 is 5.88. The van der Waals surface area contributed by atoms with E-state index in [1.165, 1.54) is 6.20 Å². The fourth-order valence-corrected chi connectivity index (χ4v) is 1.85. The molecule has 0 aliphatic rings. The molecule has 6 heteroatoms. The molecule has 106 valence electrons. The third-order valence-corrected chi connectivity index (χ3v) is 2.95. The van der Waals surface area contributed by atoms with Gasteiger partial charge in [-0.25, -0.2) is 0 Å². The molecule has 0 fully saturated rings. The molecule has 0 saturated carbocycles. The number of nitrogens with zero attached hydrogens (tertiary/aromatic N) is 3. The van der Waals surface area contributed by atoms with E-state index in [9.17, 15) is 9.70 Å². The molecule has 0 spiro atoms. The third kappa shape index (κ3) is 4.06. The number of nitroso groups, excluding NO2 is 1. The molecule has 20 heavy (non-hydrogen) atoms. The number of aliphatic imine (C=N–C) groups is 1. The fraction of sp³-hybridized carbons (Fsp3) is 0.357. The Morgan fingerprint density at radius 1 is 1.30 bits per heavy atom. The number of hydrogen-bond acceptors (Lipinski definition) is 4. The first kappa shape index (κ1) is 16.2. The van der Waals surface area contributed by atoms with E-state index in [-0.39, 0.29) is 11.5 Å². The van der Waals surface area contributed by atoms with Crippen LogP contribution >= 0.6 is 11.6 Å². The average molecular weight is 294 g/mol. The molecule has 1 amide bonds. The maximum atomic E-state index is 11.4. The molecule has 0 aliphatic carbocycles. The summed E-state index contributed by atoms with van der Waals surface area (Å²) in [7, 11) is 0. The summed E-state index contributed by atoms with van der Waals surface area (Å²) in [5.74, 6) is -0.808. The van der Waals surface area contributed by atoms with Crippen LogP contribution in [0.15, 0.2) is 39.9 Å². The van der Waals surface area contributed by atoms with Gasteiger partial charge in [-0.15, -0.1) is 4.91 Å². The van der Waals surface area contributed by atoms with Crippen LogP contribution in [0, 0.1) is 10.8 Å². The minimum Gasteiger partial charge on any atom is -0.264 e. The second-order valence-electron chi connectivity index (χ2n) is 4.65. The molecule has 1 aromatic rings. The summed E-state index contributed by atoms with van der Waals surface area (Å²) in [4.78, 5) is 30.2. The van der Waals surface area contributed by atoms with Gasteiger partial charge in [-0.05, 0) is 25.8 Å². The molecule has 0 radical (unpaired) electrons. The van der Waals surface area contributed by atoms with E-state index in [0.29, 0.717) is 16.4 Å². The Kier molecular flexibility index (Phi) is 5.70. The molecule has 0 aromatic carbocycles. The number of amides is 1. The van der Waals surface area contributed by atoms with Crippen LogP contribution in [0.25, 0.3) is 0 Å². The first-order chi connectivity index (χ1) is 9.36. The van der Waals surface area contributed by atoms with Crippen molar-refractivity contribution in [1.82, 2.24) is 4.98 Å². The van der Waals surface area contributed by atoms with Crippen molar-refractivity contribution in [2.75, 3.05) is 0 Å². The quantitative estimate of drug-likeness (QED) is 0.482. The molecule has 0 N–H and O–H groups in total. The molecule has 1 aromatic heterocycles. The minimum atomic E-state index is -0.797. The second-order valence-corrected chi connectivity index (χ2v) is 5.09. The molecule has 0 bridgehead atoms. The summed E-state index contributed by atoms with van der Waals surface area (Å²) < 4.78 is 0. The lowest BCUT2D eigenvalue weighted by Gasteiger charge is -2.10. The number of rotatable bonds is 4. The van der Waals surface area contributed by atoms with Crippen LogP contribution in [0.4, 0.5) is 0 Å². The van der Waals surface area contributed by atoms with E-state index in [1.807, 2.05) is 13.8 Å². The van der Waals surface area contributed by atoms with Gasteiger partial charge in [0.1, 0.15) is 0 Å². The molecule has 1 rings (SSSR count). The normalized spacial score (nSPS) is 13.2. The van der Waals surface area contributed by atoms with Crippen LogP contribution in [0.5, 0.6) is 0 Å². The predicted molar refractivity (Wildman–Crippen MR) is 79.8 cm³/mol. The number of hydrogen-bond donors (Lipinski definition) is 0. The average Bonchev–Trinajstić information content (AvgIpc) is 2.42. The lowest BCUT2D eigenvalue weighted by molar-refractivity contribution is -0.114. The van der Waals surface area contributed by atoms with Crippen molar-refractivity contribution in [2.24, 2.45) is 16.1 Å². The van der Waals surface area contributed by atoms with E-state index in [2.05, 4.69) is 15.2 Å². The van der Waals surface area contributed by atoms with Crippen LogP contribution in [0.1, 0.15) is 33.3 Å². The minimum absolute atomic E-state index is 0.0113. The lowest BCUT2D eigenvalue weighted by atomic mass is 10.0. The third-order valence-electron chi connectivity index (χ3n) is 2.75. The Bertz CT molecular complexity index is 592. The second kappa shape index (κ2) is 7.05. The first-order valence-corrected chi connectivity index (χ1v) is 6.49. The van der Waals surface area contributed by atoms with Crippen molar-refractivity contribution in [3.63, 3.8) is 0 Å². The van der Waals surface area contributed by atoms with Gasteiger partial charge >= 0.3 is 5.91 Å². The van der Waals surface area contributed by atoms with Gasteiger partial charge in [0, 0.05) is 34.4 Å². The molecule has 0 saturated heterocycles. The number of aromatic nitrogens is 1. The van der Waals surface area contributed by atoms with Crippen LogP contribution in [-0.2, 0) is 4.79 Å². The van der Waals surface area contributed by atoms with Crippen molar-refractivity contribution in [3.8, 4) is 0 Å². The van der Waals surface area contributed by atoms with E-state index >= 15 is 0 Å². The standard InChI is InChI=1S/C14H16ClN3O2/c1-8(2)13(9(3)14(19)18-20)17-10(4)11-5-12(15)7-16-6-11/h5-8H,1-4H3/b13-9+,17-10?. The van der Waals surface area contributed by atoms with Crippen LogP contribution in [-0.4, -0.2) is 16.6 Å². The number of carbonyl (C=O) groups excluding carboxylic acids is 1. The van der Waals surface area contributed by atoms with Gasteiger partial charge < -0.3 is 0 Å². The molecule has 0 aliphatic heterocycles. The molecule has 5 nitrogen and oxygen atoms in total. The van der Waals surface area contributed by atoms with Crippen LogP contribution in [0.3, 0.4) is 0 Å². The fourth-order valence-electron chi connectivity index (χ4n) is 1.68. The Balaban J connectivity index is 3.28. The monoisotopic (exact) mass is 293 g/mol. The molecule has 0 unspecified atom stereocenters. The highest BCUT2D eigenvalue weighted by Gasteiger charge is 2.14. The van der Waals surface area contributed by atoms with Crippen molar-refractivity contribution >= 4 is 23.2 Å². The van der Waals surface area contributed by atoms with E-state index in [0.717, 1.165) is 5.56 Å². The van der Waals surface area contributed by atoms with Crippen LogP contribution in [0.2, 0.25) is 5.02 Å². The predicted octanol–water partition coefficient (Wildman–Crippen LogP) is 3.77. The zero-order valence-corrected chi connectivity index (χ0v) is 12.6. The van der Waals surface area contributed by atoms with Crippen LogP contribution < -0.4 is 0 Å². The molecule has 0 atom stereocenters. The number of pyridine rings is 1. The maximum absolute atomic E-state index is 11.4. The highest BCUT2D eigenvalue weighted by molar-refractivity contribution is 6.30. The number of allylic oxidation sites excluding steroid dienone is 1. The van der Waals surface area contributed by atoms with Crippen molar-refractivity contribution in [2.45, 2.75) is 27.7 Å². The van der Waals surface area contributed by atoms with Gasteiger partial charge in [0.25, 0.3) is 0 Å². The smallest absolute Gasteiger partial charge is 0.264 e. The zero-order valence-electron chi connectivity index (χ0n) is 11.8. The van der Waals surface area contributed by atoms with Gasteiger partial charge in [0.2, 0.25) is 0 Å². The van der Waals surface area contributed by atoms with E-state index < -0.39 is 5.91 Å². The highest BCUT2D eigenvalue weighted by atomic mass is 35.5. The van der Waals surface area contributed by atoms with Crippen molar-refractivity contribution in [3.05, 3.63) is 45.2 Å². The van der Waals surface area contributed by atoms with E-state index in [4.69, 9.17) is 11.6 Å². The largest absolute Gasteiger partial charge is 0.314 e. The van der Waals surface area contributed by atoms with E-state index in [1.54, 1.807) is 26.1 Å². The summed E-state index contributed by atoms with van der Waals surface area (Å²) in [6.07, 6.45) is 3.17. The Hall–Kier alpha value is -1.88. The SMILES string of the molecule is CC(=N/C(=C(\C)C(=O)N=O)C(C)C)c1cncc(Cl)c1. The first-order valence-electron chi connectivity index (χ1n) is 6.11. The summed E-state index contributed by atoms with van der Waals surface area (Å²) in [5.41, 5.74) is 2.22. The maximum Gasteiger partial charge on any atom is 0.314 e. The van der Waals surface area contributed by atoms with Crippen molar-refractivity contribution < 1.29 is 4.79 Å². The highest BCUT2D eigenvalue weighted by Crippen LogP contribution is 2.19. The van der Waals surface area contributed by atoms with Gasteiger partial charge in [-0.1, -0.05) is 25.4 Å². The molecular weight excluding hydrogens is 278 g/mol. The lowest BCUT2D eigenvalue weighted by Crippen LogP contribution is -2.06. The Morgan fingerprint density at radius 3 is 2.45 bits per heavy atom. The summed E-state index contributed by atoms with van der Waals surface area (Å²) in [6.45, 7) is 7.13. The van der Waals surface area contributed by atoms with Gasteiger partial charge in [-0.2, -0.15) is 0 Å². The number of halogens is 1. The topological polar surface area (TPSA) is 71.8 Å². The zero-order chi connectivity index (χ0) is 15.3. The summed E-state index contributed by atoms with van der Waals surface area (Å²) in [6, 6.07) is 1.74. The molecular formula is C14H16ClN3O2. The Morgan fingerprint density at radius 2 is 1.95 bits per heavy atom. The number of carbonyl (C=O) groups is 1. The summed E-state index contributed by atoms with van der Waals surface area (Å²) in [5, 5.41) is 2.95.